The Morgan fingerprint density at radius 3 is 2.78 bits per heavy atom. The molecular formula is C15H32N2O. The summed E-state index contributed by atoms with van der Waals surface area (Å²) in [5, 5.41) is 3.59. The van der Waals surface area contributed by atoms with Crippen molar-refractivity contribution >= 4 is 0 Å². The van der Waals surface area contributed by atoms with E-state index < -0.39 is 0 Å². The molecule has 1 fully saturated rings. The van der Waals surface area contributed by atoms with Crippen LogP contribution in [-0.4, -0.2) is 50.8 Å². The van der Waals surface area contributed by atoms with E-state index in [-0.39, 0.29) is 0 Å². The van der Waals surface area contributed by atoms with Gasteiger partial charge in [0.25, 0.3) is 0 Å². The molecule has 0 bridgehead atoms. The maximum Gasteiger partial charge on any atom is 0.0502 e. The summed E-state index contributed by atoms with van der Waals surface area (Å²) in [4.78, 5) is 2.62. The lowest BCUT2D eigenvalue weighted by Gasteiger charge is -2.36. The molecule has 1 N–H and O–H groups in total. The van der Waals surface area contributed by atoms with Crippen LogP contribution in [0.3, 0.4) is 0 Å². The molecule has 0 aromatic carbocycles. The first kappa shape index (κ1) is 15.9. The zero-order chi connectivity index (χ0) is 13.4. The number of likely N-dealkylation sites (tertiary alicyclic amines) is 1. The predicted molar refractivity (Wildman–Crippen MR) is 78.0 cm³/mol. The van der Waals surface area contributed by atoms with Gasteiger partial charge in [-0.1, -0.05) is 13.8 Å². The summed E-state index contributed by atoms with van der Waals surface area (Å²) in [6, 6.07) is 0.650. The Kier molecular flexibility index (Phi) is 7.87. The number of piperidine rings is 1. The van der Waals surface area contributed by atoms with Crippen molar-refractivity contribution in [2.45, 2.75) is 46.1 Å². The SMILES string of the molecule is COCC1CCCN(C(C)CNCCC(C)C)C1. The number of methoxy groups -OCH3 is 1. The molecule has 0 aromatic heterocycles. The van der Waals surface area contributed by atoms with Gasteiger partial charge in [-0.05, 0) is 51.1 Å². The third kappa shape index (κ3) is 6.17. The van der Waals surface area contributed by atoms with E-state index in [1.54, 1.807) is 0 Å². The van der Waals surface area contributed by atoms with E-state index in [0.29, 0.717) is 6.04 Å². The molecule has 0 amide bonds. The molecule has 2 atom stereocenters. The lowest BCUT2D eigenvalue weighted by Crippen LogP contribution is -2.46. The summed E-state index contributed by atoms with van der Waals surface area (Å²) < 4.78 is 5.29. The lowest BCUT2D eigenvalue weighted by molar-refractivity contribution is 0.0721. The Labute approximate surface area is 113 Å². The summed E-state index contributed by atoms with van der Waals surface area (Å²) >= 11 is 0. The molecule has 1 saturated heterocycles. The Balaban J connectivity index is 2.17. The second-order valence-electron chi connectivity index (χ2n) is 6.19. The highest BCUT2D eigenvalue weighted by Gasteiger charge is 2.23. The maximum atomic E-state index is 5.29. The molecule has 2 unspecified atom stereocenters. The molecule has 1 heterocycles. The van der Waals surface area contributed by atoms with Crippen LogP contribution >= 0.6 is 0 Å². The van der Waals surface area contributed by atoms with Crippen LogP contribution in [0.4, 0.5) is 0 Å². The predicted octanol–water partition coefficient (Wildman–Crippen LogP) is 2.37. The van der Waals surface area contributed by atoms with Gasteiger partial charge in [0, 0.05) is 26.2 Å². The van der Waals surface area contributed by atoms with Crippen LogP contribution in [0, 0.1) is 11.8 Å². The Hall–Kier alpha value is -0.120. The fourth-order valence-corrected chi connectivity index (χ4v) is 2.70. The summed E-state index contributed by atoms with van der Waals surface area (Å²) in [6.45, 7) is 12.6. The molecule has 3 heteroatoms. The minimum Gasteiger partial charge on any atom is -0.384 e. The van der Waals surface area contributed by atoms with Crippen molar-refractivity contribution < 1.29 is 4.74 Å². The van der Waals surface area contributed by atoms with Crippen LogP contribution in [0.1, 0.15) is 40.0 Å². The maximum absolute atomic E-state index is 5.29. The van der Waals surface area contributed by atoms with E-state index in [4.69, 9.17) is 4.74 Å². The summed E-state index contributed by atoms with van der Waals surface area (Å²) in [5.74, 6) is 1.54. The molecule has 0 aliphatic carbocycles. The Morgan fingerprint density at radius 1 is 1.33 bits per heavy atom. The number of nitrogens with zero attached hydrogens (tertiary/aromatic N) is 1. The van der Waals surface area contributed by atoms with Crippen molar-refractivity contribution in [3.05, 3.63) is 0 Å². The summed E-state index contributed by atoms with van der Waals surface area (Å²) in [5.41, 5.74) is 0. The van der Waals surface area contributed by atoms with Gasteiger partial charge in [0.05, 0.1) is 6.61 Å². The molecule has 0 spiro atoms. The van der Waals surface area contributed by atoms with Crippen LogP contribution in [0.5, 0.6) is 0 Å². The van der Waals surface area contributed by atoms with E-state index >= 15 is 0 Å². The van der Waals surface area contributed by atoms with Crippen LogP contribution in [-0.2, 0) is 4.74 Å². The van der Waals surface area contributed by atoms with Crippen LogP contribution in [0.2, 0.25) is 0 Å². The fourth-order valence-electron chi connectivity index (χ4n) is 2.70. The van der Waals surface area contributed by atoms with Gasteiger partial charge in [0.1, 0.15) is 0 Å². The minimum atomic E-state index is 0.650. The zero-order valence-electron chi connectivity index (χ0n) is 12.7. The fraction of sp³-hybridized carbons (Fsp3) is 1.00. The topological polar surface area (TPSA) is 24.5 Å². The third-order valence-electron chi connectivity index (χ3n) is 3.91. The summed E-state index contributed by atoms with van der Waals surface area (Å²) in [7, 11) is 1.82. The van der Waals surface area contributed by atoms with Gasteiger partial charge in [-0.3, -0.25) is 4.90 Å². The van der Waals surface area contributed by atoms with Crippen molar-refractivity contribution in [3.63, 3.8) is 0 Å². The highest BCUT2D eigenvalue weighted by molar-refractivity contribution is 4.78. The number of hydrogen-bond acceptors (Lipinski definition) is 3. The highest BCUT2D eigenvalue weighted by atomic mass is 16.5. The van der Waals surface area contributed by atoms with E-state index in [1.807, 2.05) is 7.11 Å². The summed E-state index contributed by atoms with van der Waals surface area (Å²) in [6.07, 6.45) is 3.93. The Morgan fingerprint density at radius 2 is 2.11 bits per heavy atom. The van der Waals surface area contributed by atoms with Crippen LogP contribution < -0.4 is 5.32 Å². The largest absolute Gasteiger partial charge is 0.384 e. The molecule has 1 rings (SSSR count). The first-order valence-corrected chi connectivity index (χ1v) is 7.57. The molecular weight excluding hydrogens is 224 g/mol. The first-order valence-electron chi connectivity index (χ1n) is 7.57. The Bertz CT molecular complexity index is 207. The molecule has 18 heavy (non-hydrogen) atoms. The molecule has 0 radical (unpaired) electrons. The normalized spacial score (nSPS) is 23.5. The smallest absolute Gasteiger partial charge is 0.0502 e. The standard InChI is InChI=1S/C15H32N2O/c1-13(2)7-8-16-10-14(3)17-9-5-6-15(11-17)12-18-4/h13-16H,5-12H2,1-4H3. The van der Waals surface area contributed by atoms with E-state index in [1.165, 1.54) is 32.4 Å². The number of hydrogen-bond donors (Lipinski definition) is 1. The van der Waals surface area contributed by atoms with Crippen molar-refractivity contribution in [1.29, 1.82) is 0 Å². The second kappa shape index (κ2) is 8.89. The van der Waals surface area contributed by atoms with Gasteiger partial charge in [-0.2, -0.15) is 0 Å². The second-order valence-corrected chi connectivity index (χ2v) is 6.19. The molecule has 0 saturated carbocycles. The van der Waals surface area contributed by atoms with E-state index in [0.717, 1.165) is 31.5 Å². The molecule has 1 aliphatic heterocycles. The molecule has 0 aromatic rings. The average Bonchev–Trinajstić information content (AvgIpc) is 2.35. The van der Waals surface area contributed by atoms with Gasteiger partial charge in [-0.25, -0.2) is 0 Å². The monoisotopic (exact) mass is 256 g/mol. The van der Waals surface area contributed by atoms with Crippen molar-refractivity contribution in [3.8, 4) is 0 Å². The van der Waals surface area contributed by atoms with Crippen molar-refractivity contribution in [2.24, 2.45) is 11.8 Å². The molecule has 3 nitrogen and oxygen atoms in total. The van der Waals surface area contributed by atoms with Crippen molar-refractivity contribution in [1.82, 2.24) is 10.2 Å². The van der Waals surface area contributed by atoms with E-state index in [2.05, 4.69) is 31.0 Å². The molecule has 1 aliphatic rings. The number of ether oxygens (including phenoxy) is 1. The van der Waals surface area contributed by atoms with Gasteiger partial charge in [-0.15, -0.1) is 0 Å². The highest BCUT2D eigenvalue weighted by Crippen LogP contribution is 2.18. The quantitative estimate of drug-likeness (QED) is 0.675. The van der Waals surface area contributed by atoms with Gasteiger partial charge in [0.2, 0.25) is 0 Å². The van der Waals surface area contributed by atoms with Crippen molar-refractivity contribution in [2.75, 3.05) is 39.9 Å². The lowest BCUT2D eigenvalue weighted by atomic mass is 9.97. The van der Waals surface area contributed by atoms with Crippen LogP contribution in [0.15, 0.2) is 0 Å². The van der Waals surface area contributed by atoms with Gasteiger partial charge < -0.3 is 10.1 Å². The number of nitrogens with one attached hydrogen (secondary N) is 1. The zero-order valence-corrected chi connectivity index (χ0v) is 12.7. The van der Waals surface area contributed by atoms with E-state index in [9.17, 15) is 0 Å². The number of rotatable bonds is 8. The minimum absolute atomic E-state index is 0.650. The molecule has 108 valence electrons. The van der Waals surface area contributed by atoms with Gasteiger partial charge >= 0.3 is 0 Å². The first-order chi connectivity index (χ1) is 8.63. The average molecular weight is 256 g/mol. The van der Waals surface area contributed by atoms with Gasteiger partial charge in [0.15, 0.2) is 0 Å². The third-order valence-corrected chi connectivity index (χ3v) is 3.91. The van der Waals surface area contributed by atoms with Crippen LogP contribution in [0.25, 0.3) is 0 Å².